The van der Waals surface area contributed by atoms with Gasteiger partial charge in [0.15, 0.2) is 0 Å². The number of benzene rings is 1. The Balaban J connectivity index is 2.37. The number of ether oxygens (including phenoxy) is 1. The lowest BCUT2D eigenvalue weighted by Crippen LogP contribution is -2.14. The van der Waals surface area contributed by atoms with Gasteiger partial charge in [0.1, 0.15) is 5.82 Å². The summed E-state index contributed by atoms with van der Waals surface area (Å²) >= 11 is 0. The summed E-state index contributed by atoms with van der Waals surface area (Å²) in [5, 5.41) is 9.61. The van der Waals surface area contributed by atoms with E-state index in [1.165, 1.54) is 6.07 Å². The van der Waals surface area contributed by atoms with Gasteiger partial charge in [-0.15, -0.1) is 0 Å². The van der Waals surface area contributed by atoms with E-state index >= 15 is 0 Å². The molecule has 1 atom stereocenters. The lowest BCUT2D eigenvalue weighted by atomic mass is 10.1. The highest BCUT2D eigenvalue weighted by atomic mass is 19.1. The smallest absolute Gasteiger partial charge is 0.126 e. The first kappa shape index (κ1) is 12.1. The van der Waals surface area contributed by atoms with E-state index < -0.39 is 6.10 Å². The SMILES string of the molecule is CCOCCC(O)Cc1ccccc1F. The molecule has 1 aromatic rings. The average molecular weight is 212 g/mol. The zero-order valence-corrected chi connectivity index (χ0v) is 8.95. The number of aliphatic hydroxyl groups is 1. The van der Waals surface area contributed by atoms with Crippen molar-refractivity contribution in [1.29, 1.82) is 0 Å². The lowest BCUT2D eigenvalue weighted by Gasteiger charge is -2.10. The third-order valence-corrected chi connectivity index (χ3v) is 2.21. The maximum absolute atomic E-state index is 13.2. The van der Waals surface area contributed by atoms with Gasteiger partial charge in [-0.05, 0) is 25.0 Å². The summed E-state index contributed by atoms with van der Waals surface area (Å²) in [6, 6.07) is 6.52. The largest absolute Gasteiger partial charge is 0.393 e. The van der Waals surface area contributed by atoms with E-state index in [0.717, 1.165) is 0 Å². The van der Waals surface area contributed by atoms with Gasteiger partial charge in [-0.3, -0.25) is 0 Å². The molecule has 0 saturated heterocycles. The summed E-state index contributed by atoms with van der Waals surface area (Å²) in [6.45, 7) is 3.07. The Morgan fingerprint density at radius 1 is 1.40 bits per heavy atom. The topological polar surface area (TPSA) is 29.5 Å². The van der Waals surface area contributed by atoms with Crippen LogP contribution < -0.4 is 0 Å². The van der Waals surface area contributed by atoms with E-state index in [0.29, 0.717) is 31.6 Å². The zero-order valence-electron chi connectivity index (χ0n) is 8.95. The van der Waals surface area contributed by atoms with Crippen LogP contribution in [-0.2, 0) is 11.2 Å². The molecule has 2 nitrogen and oxygen atoms in total. The van der Waals surface area contributed by atoms with Crippen LogP contribution in [0.4, 0.5) is 4.39 Å². The van der Waals surface area contributed by atoms with Crippen molar-refractivity contribution >= 4 is 0 Å². The van der Waals surface area contributed by atoms with Gasteiger partial charge in [0.2, 0.25) is 0 Å². The Kier molecular flexibility index (Phi) is 5.29. The summed E-state index contributed by atoms with van der Waals surface area (Å²) in [5.74, 6) is -0.257. The molecular weight excluding hydrogens is 195 g/mol. The zero-order chi connectivity index (χ0) is 11.1. The van der Waals surface area contributed by atoms with Crippen LogP contribution in [-0.4, -0.2) is 24.4 Å². The molecule has 0 saturated carbocycles. The molecule has 0 aliphatic carbocycles. The van der Waals surface area contributed by atoms with Gasteiger partial charge in [-0.1, -0.05) is 18.2 Å². The molecule has 1 unspecified atom stereocenters. The van der Waals surface area contributed by atoms with Crippen LogP contribution in [0.3, 0.4) is 0 Å². The van der Waals surface area contributed by atoms with E-state index in [9.17, 15) is 9.50 Å². The van der Waals surface area contributed by atoms with Gasteiger partial charge in [0.05, 0.1) is 6.10 Å². The minimum absolute atomic E-state index is 0.257. The second-order valence-electron chi connectivity index (χ2n) is 3.43. The second-order valence-corrected chi connectivity index (χ2v) is 3.43. The van der Waals surface area contributed by atoms with Gasteiger partial charge in [-0.2, -0.15) is 0 Å². The van der Waals surface area contributed by atoms with Crippen LogP contribution in [0.5, 0.6) is 0 Å². The molecule has 0 amide bonds. The van der Waals surface area contributed by atoms with Crippen LogP contribution in [0.1, 0.15) is 18.9 Å². The van der Waals surface area contributed by atoms with E-state index in [-0.39, 0.29) is 5.82 Å². The molecule has 1 aromatic carbocycles. The number of halogens is 1. The summed E-state index contributed by atoms with van der Waals surface area (Å²) < 4.78 is 18.3. The van der Waals surface area contributed by atoms with Crippen molar-refractivity contribution in [2.75, 3.05) is 13.2 Å². The predicted molar refractivity (Wildman–Crippen MR) is 57.2 cm³/mol. The molecular formula is C12H17FO2. The van der Waals surface area contributed by atoms with Gasteiger partial charge < -0.3 is 9.84 Å². The van der Waals surface area contributed by atoms with E-state index in [4.69, 9.17) is 4.74 Å². The molecule has 0 aliphatic rings. The monoisotopic (exact) mass is 212 g/mol. The first-order chi connectivity index (χ1) is 7.24. The van der Waals surface area contributed by atoms with Crippen molar-refractivity contribution < 1.29 is 14.2 Å². The Labute approximate surface area is 89.7 Å². The van der Waals surface area contributed by atoms with E-state index in [2.05, 4.69) is 0 Å². The minimum Gasteiger partial charge on any atom is -0.393 e. The number of hydrogen-bond acceptors (Lipinski definition) is 2. The average Bonchev–Trinajstić information content (AvgIpc) is 2.22. The number of aliphatic hydroxyl groups excluding tert-OH is 1. The fourth-order valence-electron chi connectivity index (χ4n) is 1.38. The highest BCUT2D eigenvalue weighted by molar-refractivity contribution is 5.17. The van der Waals surface area contributed by atoms with Crippen molar-refractivity contribution in [2.24, 2.45) is 0 Å². The summed E-state index contributed by atoms with van der Waals surface area (Å²) in [5.41, 5.74) is 0.557. The number of hydrogen-bond donors (Lipinski definition) is 1. The first-order valence-corrected chi connectivity index (χ1v) is 5.23. The van der Waals surface area contributed by atoms with Crippen molar-refractivity contribution in [1.82, 2.24) is 0 Å². The highest BCUT2D eigenvalue weighted by Crippen LogP contribution is 2.10. The molecule has 1 rings (SSSR count). The maximum atomic E-state index is 13.2. The van der Waals surface area contributed by atoms with Crippen LogP contribution in [0, 0.1) is 5.82 Å². The minimum atomic E-state index is -0.534. The first-order valence-electron chi connectivity index (χ1n) is 5.23. The molecule has 15 heavy (non-hydrogen) atoms. The van der Waals surface area contributed by atoms with Crippen molar-refractivity contribution in [2.45, 2.75) is 25.9 Å². The Bertz CT molecular complexity index is 289. The van der Waals surface area contributed by atoms with Crippen molar-refractivity contribution in [3.63, 3.8) is 0 Å². The molecule has 0 aromatic heterocycles. The van der Waals surface area contributed by atoms with Crippen molar-refractivity contribution in [3.8, 4) is 0 Å². The standard InChI is InChI=1S/C12H17FO2/c1-2-15-8-7-11(14)9-10-5-3-4-6-12(10)13/h3-6,11,14H,2,7-9H2,1H3. The fraction of sp³-hybridized carbons (Fsp3) is 0.500. The van der Waals surface area contributed by atoms with E-state index in [1.807, 2.05) is 6.92 Å². The molecule has 0 aliphatic heterocycles. The second kappa shape index (κ2) is 6.53. The molecule has 0 spiro atoms. The third kappa shape index (κ3) is 4.40. The molecule has 0 radical (unpaired) electrons. The Morgan fingerprint density at radius 3 is 2.80 bits per heavy atom. The molecule has 1 N–H and O–H groups in total. The maximum Gasteiger partial charge on any atom is 0.126 e. The predicted octanol–water partition coefficient (Wildman–Crippen LogP) is 2.16. The van der Waals surface area contributed by atoms with Crippen molar-refractivity contribution in [3.05, 3.63) is 35.6 Å². The normalized spacial score (nSPS) is 12.7. The lowest BCUT2D eigenvalue weighted by molar-refractivity contribution is 0.0883. The van der Waals surface area contributed by atoms with Crippen LogP contribution in [0.15, 0.2) is 24.3 Å². The van der Waals surface area contributed by atoms with Crippen LogP contribution >= 0.6 is 0 Å². The van der Waals surface area contributed by atoms with Gasteiger partial charge in [-0.25, -0.2) is 4.39 Å². The molecule has 0 fully saturated rings. The van der Waals surface area contributed by atoms with Crippen LogP contribution in [0.2, 0.25) is 0 Å². The van der Waals surface area contributed by atoms with Gasteiger partial charge >= 0.3 is 0 Å². The summed E-state index contributed by atoms with van der Waals surface area (Å²) in [7, 11) is 0. The highest BCUT2D eigenvalue weighted by Gasteiger charge is 2.08. The summed E-state index contributed by atoms with van der Waals surface area (Å²) in [4.78, 5) is 0. The quantitative estimate of drug-likeness (QED) is 0.732. The molecule has 0 heterocycles. The fourth-order valence-corrected chi connectivity index (χ4v) is 1.38. The molecule has 3 heteroatoms. The summed E-state index contributed by atoms with van der Waals surface area (Å²) in [6.07, 6.45) is 0.357. The van der Waals surface area contributed by atoms with Gasteiger partial charge in [0, 0.05) is 19.6 Å². The third-order valence-electron chi connectivity index (χ3n) is 2.21. The molecule has 0 bridgehead atoms. The molecule has 84 valence electrons. The van der Waals surface area contributed by atoms with E-state index in [1.54, 1.807) is 18.2 Å². The number of rotatable bonds is 6. The van der Waals surface area contributed by atoms with Gasteiger partial charge in [0.25, 0.3) is 0 Å². The van der Waals surface area contributed by atoms with Crippen LogP contribution in [0.25, 0.3) is 0 Å². The Morgan fingerprint density at radius 2 is 2.13 bits per heavy atom. The Hall–Kier alpha value is -0.930.